The molecular weight excluding hydrogens is 416 g/mol. The minimum absolute atomic E-state index is 0.157. The Kier molecular flexibility index (Phi) is 11.1. The number of ether oxygens (including phenoxy) is 1. The van der Waals surface area contributed by atoms with Crippen LogP contribution in [0, 0.1) is 0 Å². The average molecular weight is 441 g/mol. The number of amides is 3. The van der Waals surface area contributed by atoms with Crippen LogP contribution < -0.4 is 10.1 Å². The number of carbonyl (C=O) groups is 5. The normalized spacial score (nSPS) is 15.5. The molecule has 1 N–H and O–H groups in total. The largest absolute Gasteiger partial charge is 0.494 e. The van der Waals surface area contributed by atoms with Crippen LogP contribution in [-0.2, 0) is 14.4 Å². The number of hydrogen-bond acceptors (Lipinski definition) is 8. The van der Waals surface area contributed by atoms with Gasteiger partial charge < -0.3 is 14.4 Å². The topological polar surface area (TPSA) is 110 Å². The fraction of sp³-hybridized carbons (Fsp3) is 0.421. The summed E-state index contributed by atoms with van der Waals surface area (Å²) < 4.78 is 5.53. The molecule has 1 heterocycles. The number of rotatable bonds is 9. The number of imide groups is 1. The monoisotopic (exact) mass is 440 g/mol. The van der Waals surface area contributed by atoms with Gasteiger partial charge in [-0.05, 0) is 37.5 Å². The third-order valence-electron chi connectivity index (χ3n) is 4.36. The molecule has 0 aliphatic carbocycles. The van der Waals surface area contributed by atoms with Gasteiger partial charge in [0.05, 0.1) is 12.2 Å². The Morgan fingerprint density at radius 1 is 1.28 bits per heavy atom. The van der Waals surface area contributed by atoms with Crippen LogP contribution in [0.4, 0.5) is 0 Å². The maximum absolute atomic E-state index is 12.7. The Bertz CT molecular complexity index is 756. The van der Waals surface area contributed by atoms with Crippen molar-refractivity contribution in [2.75, 3.05) is 13.7 Å². The van der Waals surface area contributed by atoms with Gasteiger partial charge in [0.25, 0.3) is 5.91 Å². The van der Waals surface area contributed by atoms with Crippen molar-refractivity contribution < 1.29 is 28.7 Å². The molecule has 1 atom stereocenters. The van der Waals surface area contributed by atoms with Crippen molar-refractivity contribution >= 4 is 53.6 Å². The smallest absolute Gasteiger partial charge is 0.255 e. The molecule has 0 radical (unpaired) electrons. The van der Waals surface area contributed by atoms with E-state index in [0.29, 0.717) is 31.5 Å². The van der Waals surface area contributed by atoms with Crippen molar-refractivity contribution in [2.24, 2.45) is 0 Å². The molecule has 1 aliphatic rings. The summed E-state index contributed by atoms with van der Waals surface area (Å²) in [5.41, 5.74) is 0.315. The van der Waals surface area contributed by atoms with Crippen molar-refractivity contribution in [2.45, 2.75) is 38.1 Å². The van der Waals surface area contributed by atoms with E-state index < -0.39 is 17.9 Å². The zero-order valence-corrected chi connectivity index (χ0v) is 17.8. The highest BCUT2D eigenvalue weighted by Gasteiger charge is 2.33. The number of nitrogens with zero attached hydrogens (tertiary/aromatic N) is 1. The van der Waals surface area contributed by atoms with Gasteiger partial charge >= 0.3 is 0 Å². The predicted octanol–water partition coefficient (Wildman–Crippen LogP) is 1.89. The second kappa shape index (κ2) is 13.0. The summed E-state index contributed by atoms with van der Waals surface area (Å²) in [5.74, 6) is -0.919. The first-order valence-electron chi connectivity index (χ1n) is 8.94. The summed E-state index contributed by atoms with van der Waals surface area (Å²) in [4.78, 5) is 58.8. The van der Waals surface area contributed by atoms with Gasteiger partial charge in [0.2, 0.25) is 11.8 Å². The van der Waals surface area contributed by atoms with Gasteiger partial charge in [-0.2, -0.15) is 0 Å². The number of thiol groups is 2. The molecule has 0 bridgehead atoms. The van der Waals surface area contributed by atoms with E-state index in [1.165, 1.54) is 24.1 Å². The van der Waals surface area contributed by atoms with E-state index in [0.717, 1.165) is 12.7 Å². The van der Waals surface area contributed by atoms with E-state index in [1.54, 1.807) is 6.07 Å². The molecule has 2 rings (SSSR count). The van der Waals surface area contributed by atoms with Gasteiger partial charge in [-0.15, -0.1) is 23.3 Å². The van der Waals surface area contributed by atoms with Crippen LogP contribution in [-0.4, -0.2) is 54.9 Å². The van der Waals surface area contributed by atoms with Crippen LogP contribution in [0.15, 0.2) is 18.2 Å². The average Bonchev–Trinajstić information content (AvgIpc) is 2.74. The molecule has 10 heteroatoms. The Morgan fingerprint density at radius 3 is 2.62 bits per heavy atom. The molecule has 0 spiro atoms. The molecule has 0 aromatic heterocycles. The van der Waals surface area contributed by atoms with Gasteiger partial charge in [-0.1, -0.05) is 0 Å². The van der Waals surface area contributed by atoms with Crippen molar-refractivity contribution in [3.63, 3.8) is 0 Å². The molecule has 0 saturated carbocycles. The third kappa shape index (κ3) is 7.21. The summed E-state index contributed by atoms with van der Waals surface area (Å²) >= 11 is 6.44. The lowest BCUT2D eigenvalue weighted by Gasteiger charge is -2.30. The quantitative estimate of drug-likeness (QED) is 0.178. The van der Waals surface area contributed by atoms with E-state index in [2.05, 4.69) is 28.6 Å². The van der Waals surface area contributed by atoms with E-state index in [1.807, 2.05) is 0 Å². The van der Waals surface area contributed by atoms with E-state index in [9.17, 15) is 24.0 Å². The van der Waals surface area contributed by atoms with Crippen LogP contribution in [0.5, 0.6) is 5.75 Å². The number of piperidine rings is 1. The van der Waals surface area contributed by atoms with Crippen LogP contribution in [0.25, 0.3) is 0 Å². The molecule has 3 amide bonds. The molecule has 1 unspecified atom stereocenters. The van der Waals surface area contributed by atoms with Crippen molar-refractivity contribution in [1.29, 1.82) is 0 Å². The van der Waals surface area contributed by atoms with Gasteiger partial charge in [0, 0.05) is 25.5 Å². The summed E-state index contributed by atoms with van der Waals surface area (Å²) in [6.07, 6.45) is 3.71. The Morgan fingerprint density at radius 2 is 2.00 bits per heavy atom. The van der Waals surface area contributed by atoms with Gasteiger partial charge in [-0.25, -0.2) is 0 Å². The Hall–Kier alpha value is -2.33. The SMILES string of the molecule is CN(C(=O)c1ccc(OCCCCC=O)cc1C=O)C1CCC(=O)NC1=O.SS. The molecule has 1 aromatic carbocycles. The number of benzene rings is 1. The lowest BCUT2D eigenvalue weighted by atomic mass is 10.0. The third-order valence-corrected chi connectivity index (χ3v) is 4.36. The fourth-order valence-electron chi connectivity index (χ4n) is 2.83. The van der Waals surface area contributed by atoms with Crippen molar-refractivity contribution in [3.05, 3.63) is 29.3 Å². The minimum atomic E-state index is -0.761. The second-order valence-corrected chi connectivity index (χ2v) is 6.26. The summed E-state index contributed by atoms with van der Waals surface area (Å²) in [6.45, 7) is 0.398. The highest BCUT2D eigenvalue weighted by atomic mass is 33.1. The number of carbonyl (C=O) groups excluding carboxylic acids is 5. The maximum Gasteiger partial charge on any atom is 0.255 e. The Balaban J connectivity index is 0.00000204. The molecule has 1 aliphatic heterocycles. The summed E-state index contributed by atoms with van der Waals surface area (Å²) in [6, 6.07) is 3.77. The van der Waals surface area contributed by atoms with Crippen LogP contribution >= 0.6 is 23.3 Å². The number of likely N-dealkylation sites (N-methyl/N-ethyl adjacent to an activating group) is 1. The van der Waals surface area contributed by atoms with Crippen molar-refractivity contribution in [3.8, 4) is 5.75 Å². The van der Waals surface area contributed by atoms with Gasteiger partial charge in [-0.3, -0.25) is 24.5 Å². The molecular formula is C19H24N2O6S2. The number of nitrogens with one attached hydrogen (secondary N) is 1. The standard InChI is InChI=1S/C19H22N2O6.H2S2/c1-21(16-7-8-17(24)20-18(16)25)19(26)15-6-5-14(11-13(15)12-23)27-10-4-2-3-9-22;1-2/h5-6,9,11-12,16H,2-4,7-8,10H2,1H3,(H,20,24,25);1-2H. The van der Waals surface area contributed by atoms with E-state index in [-0.39, 0.29) is 29.9 Å². The number of aldehydes is 2. The first-order chi connectivity index (χ1) is 14.0. The van der Waals surface area contributed by atoms with E-state index in [4.69, 9.17) is 4.74 Å². The first kappa shape index (κ1) is 24.7. The minimum Gasteiger partial charge on any atom is -0.494 e. The highest BCUT2D eigenvalue weighted by Crippen LogP contribution is 2.21. The predicted molar refractivity (Wildman–Crippen MR) is 113 cm³/mol. The second-order valence-electron chi connectivity index (χ2n) is 6.26. The van der Waals surface area contributed by atoms with Crippen molar-refractivity contribution in [1.82, 2.24) is 10.2 Å². The van der Waals surface area contributed by atoms with Crippen LogP contribution in [0.1, 0.15) is 52.8 Å². The number of unbranched alkanes of at least 4 members (excludes halogenated alkanes) is 2. The molecule has 1 fully saturated rings. The van der Waals surface area contributed by atoms with Crippen LogP contribution in [0.2, 0.25) is 0 Å². The molecule has 158 valence electrons. The van der Waals surface area contributed by atoms with Crippen LogP contribution in [0.3, 0.4) is 0 Å². The molecule has 1 aromatic rings. The summed E-state index contributed by atoms with van der Waals surface area (Å²) in [5, 5.41) is 2.21. The Labute approximate surface area is 179 Å². The van der Waals surface area contributed by atoms with E-state index >= 15 is 0 Å². The fourth-order valence-corrected chi connectivity index (χ4v) is 2.83. The lowest BCUT2D eigenvalue weighted by molar-refractivity contribution is -0.136. The first-order valence-corrected chi connectivity index (χ1v) is 10.5. The molecule has 29 heavy (non-hydrogen) atoms. The zero-order chi connectivity index (χ0) is 21.8. The highest BCUT2D eigenvalue weighted by molar-refractivity contribution is 8.59. The van der Waals surface area contributed by atoms with Gasteiger partial charge in [0.1, 0.15) is 18.1 Å². The van der Waals surface area contributed by atoms with Gasteiger partial charge in [0.15, 0.2) is 6.29 Å². The summed E-state index contributed by atoms with van der Waals surface area (Å²) in [7, 11) is 1.47. The number of hydrogen-bond donors (Lipinski definition) is 3. The molecule has 1 saturated heterocycles. The maximum atomic E-state index is 12.7. The lowest BCUT2D eigenvalue weighted by Crippen LogP contribution is -2.53. The zero-order valence-electron chi connectivity index (χ0n) is 16.0. The molecule has 8 nitrogen and oxygen atoms in total.